The van der Waals surface area contributed by atoms with Gasteiger partial charge in [0.1, 0.15) is 11.6 Å². The van der Waals surface area contributed by atoms with Crippen molar-refractivity contribution in [3.8, 4) is 5.69 Å². The zero-order valence-corrected chi connectivity index (χ0v) is 18.6. The van der Waals surface area contributed by atoms with Gasteiger partial charge in [0.2, 0.25) is 11.7 Å². The first-order chi connectivity index (χ1) is 16.4. The summed E-state index contributed by atoms with van der Waals surface area (Å²) in [4.78, 5) is 25.7. The van der Waals surface area contributed by atoms with Gasteiger partial charge in [-0.05, 0) is 43.3 Å². The highest BCUT2D eigenvalue weighted by Crippen LogP contribution is 2.24. The SMILES string of the molecule is Cc1ccc(-n2c(=O)c3ccccc3n3c(SCC(=O)Nc4cc(F)ccc4F)nnc23)cc1. The van der Waals surface area contributed by atoms with Gasteiger partial charge in [0, 0.05) is 6.07 Å². The van der Waals surface area contributed by atoms with Gasteiger partial charge in [0.05, 0.1) is 28.0 Å². The number of aromatic nitrogens is 4. The van der Waals surface area contributed by atoms with Gasteiger partial charge in [0.15, 0.2) is 5.16 Å². The highest BCUT2D eigenvalue weighted by Gasteiger charge is 2.19. The van der Waals surface area contributed by atoms with Crippen LogP contribution in [0, 0.1) is 18.6 Å². The highest BCUT2D eigenvalue weighted by atomic mass is 32.2. The monoisotopic (exact) mass is 477 g/mol. The fourth-order valence-electron chi connectivity index (χ4n) is 3.61. The van der Waals surface area contributed by atoms with E-state index in [-0.39, 0.29) is 17.0 Å². The largest absolute Gasteiger partial charge is 0.323 e. The Bertz CT molecular complexity index is 1610. The molecular weight excluding hydrogens is 460 g/mol. The van der Waals surface area contributed by atoms with Crippen molar-refractivity contribution in [2.24, 2.45) is 0 Å². The molecule has 1 amide bonds. The average Bonchev–Trinajstić information content (AvgIpc) is 3.25. The van der Waals surface area contributed by atoms with E-state index >= 15 is 0 Å². The molecule has 1 N–H and O–H groups in total. The highest BCUT2D eigenvalue weighted by molar-refractivity contribution is 7.99. The lowest BCUT2D eigenvalue weighted by Gasteiger charge is -2.11. The van der Waals surface area contributed by atoms with Gasteiger partial charge < -0.3 is 5.32 Å². The fraction of sp³-hybridized carbons (Fsp3) is 0.0833. The van der Waals surface area contributed by atoms with E-state index in [1.54, 1.807) is 28.7 Å². The van der Waals surface area contributed by atoms with Gasteiger partial charge in [-0.15, -0.1) is 10.2 Å². The summed E-state index contributed by atoms with van der Waals surface area (Å²) >= 11 is 1.07. The van der Waals surface area contributed by atoms with E-state index < -0.39 is 17.5 Å². The van der Waals surface area contributed by atoms with Crippen molar-refractivity contribution in [2.75, 3.05) is 11.1 Å². The van der Waals surface area contributed by atoms with Gasteiger partial charge in [-0.1, -0.05) is 41.6 Å². The number of thioether (sulfide) groups is 1. The summed E-state index contributed by atoms with van der Waals surface area (Å²) in [5, 5.41) is 11.6. The molecule has 0 spiro atoms. The number of amides is 1. The molecule has 2 heterocycles. The lowest BCUT2D eigenvalue weighted by molar-refractivity contribution is -0.113. The van der Waals surface area contributed by atoms with Gasteiger partial charge >= 0.3 is 0 Å². The van der Waals surface area contributed by atoms with Crippen LogP contribution in [0.1, 0.15) is 5.56 Å². The molecular formula is C24H17F2N5O2S. The summed E-state index contributed by atoms with van der Waals surface area (Å²) in [7, 11) is 0. The summed E-state index contributed by atoms with van der Waals surface area (Å²) in [5.74, 6) is -1.77. The Morgan fingerprint density at radius 2 is 1.79 bits per heavy atom. The molecule has 170 valence electrons. The van der Waals surface area contributed by atoms with Crippen molar-refractivity contribution in [1.82, 2.24) is 19.2 Å². The Hall–Kier alpha value is -4.05. The van der Waals surface area contributed by atoms with Crippen molar-refractivity contribution in [3.63, 3.8) is 0 Å². The number of nitrogens with zero attached hydrogens (tertiary/aromatic N) is 4. The standard InChI is InChI=1S/C24H17F2N5O2S/c1-14-6-9-16(10-7-14)30-22(33)17-4-2-3-5-20(17)31-23(30)28-29-24(31)34-13-21(32)27-19-12-15(25)8-11-18(19)26/h2-12H,13H2,1H3,(H,27,32). The topological polar surface area (TPSA) is 81.3 Å². The van der Waals surface area contributed by atoms with E-state index in [9.17, 15) is 18.4 Å². The van der Waals surface area contributed by atoms with E-state index in [1.807, 2.05) is 31.2 Å². The third-order valence-corrected chi connectivity index (χ3v) is 6.15. The molecule has 0 saturated heterocycles. The second kappa shape index (κ2) is 8.71. The third-order valence-electron chi connectivity index (χ3n) is 5.22. The molecule has 0 fully saturated rings. The van der Waals surface area contributed by atoms with Crippen LogP contribution in [0.5, 0.6) is 0 Å². The van der Waals surface area contributed by atoms with E-state index in [1.165, 1.54) is 4.57 Å². The van der Waals surface area contributed by atoms with Crippen molar-refractivity contribution >= 4 is 40.0 Å². The van der Waals surface area contributed by atoms with Crippen LogP contribution in [0.4, 0.5) is 14.5 Å². The summed E-state index contributed by atoms with van der Waals surface area (Å²) in [5.41, 5.74) is 1.79. The number of carbonyl (C=O) groups is 1. The van der Waals surface area contributed by atoms with Crippen molar-refractivity contribution in [2.45, 2.75) is 12.1 Å². The summed E-state index contributed by atoms with van der Waals surface area (Å²) < 4.78 is 30.4. The smallest absolute Gasteiger partial charge is 0.267 e. The van der Waals surface area contributed by atoms with Crippen LogP contribution >= 0.6 is 11.8 Å². The summed E-state index contributed by atoms with van der Waals surface area (Å²) in [6.07, 6.45) is 0. The number of carbonyl (C=O) groups excluding carboxylic acids is 1. The second-order valence-electron chi connectivity index (χ2n) is 7.57. The molecule has 10 heteroatoms. The normalized spacial score (nSPS) is 11.3. The molecule has 34 heavy (non-hydrogen) atoms. The van der Waals surface area contributed by atoms with Gasteiger partial charge in [-0.2, -0.15) is 0 Å². The Balaban J connectivity index is 1.54. The van der Waals surface area contributed by atoms with E-state index in [0.29, 0.717) is 27.5 Å². The van der Waals surface area contributed by atoms with Gasteiger partial charge in [0.25, 0.3) is 5.56 Å². The van der Waals surface area contributed by atoms with Crippen molar-refractivity contribution < 1.29 is 13.6 Å². The molecule has 2 aromatic heterocycles. The summed E-state index contributed by atoms with van der Waals surface area (Å²) in [6, 6.07) is 17.3. The van der Waals surface area contributed by atoms with Crippen LogP contribution in [0.15, 0.2) is 76.7 Å². The van der Waals surface area contributed by atoms with Crippen LogP contribution in [0.25, 0.3) is 22.4 Å². The second-order valence-corrected chi connectivity index (χ2v) is 8.51. The molecule has 5 rings (SSSR count). The minimum atomic E-state index is -0.735. The predicted molar refractivity (Wildman–Crippen MR) is 127 cm³/mol. The summed E-state index contributed by atoms with van der Waals surface area (Å²) in [6.45, 7) is 1.95. The predicted octanol–water partition coefficient (Wildman–Crippen LogP) is 4.35. The minimum Gasteiger partial charge on any atom is -0.323 e. The maximum Gasteiger partial charge on any atom is 0.267 e. The molecule has 0 atom stereocenters. The molecule has 0 radical (unpaired) electrons. The Kier molecular flexibility index (Phi) is 5.58. The number of nitrogens with one attached hydrogen (secondary N) is 1. The van der Waals surface area contributed by atoms with Crippen LogP contribution in [0.2, 0.25) is 0 Å². The van der Waals surface area contributed by atoms with Crippen LogP contribution in [0.3, 0.4) is 0 Å². The zero-order valence-electron chi connectivity index (χ0n) is 17.8. The van der Waals surface area contributed by atoms with E-state index in [4.69, 9.17) is 0 Å². The first-order valence-corrected chi connectivity index (χ1v) is 11.2. The molecule has 0 aliphatic heterocycles. The van der Waals surface area contributed by atoms with Crippen molar-refractivity contribution in [1.29, 1.82) is 0 Å². The first-order valence-electron chi connectivity index (χ1n) is 10.3. The van der Waals surface area contributed by atoms with Crippen LogP contribution < -0.4 is 10.9 Å². The number of benzene rings is 3. The number of halogens is 2. The first kappa shape index (κ1) is 21.8. The fourth-order valence-corrected chi connectivity index (χ4v) is 4.35. The van der Waals surface area contributed by atoms with Crippen molar-refractivity contribution in [3.05, 3.63) is 94.3 Å². The number of anilines is 1. The lowest BCUT2D eigenvalue weighted by atomic mass is 10.2. The lowest BCUT2D eigenvalue weighted by Crippen LogP contribution is -2.22. The molecule has 0 bridgehead atoms. The molecule has 3 aromatic carbocycles. The Morgan fingerprint density at radius 3 is 2.59 bits per heavy atom. The van der Waals surface area contributed by atoms with Gasteiger partial charge in [-0.3, -0.25) is 14.0 Å². The zero-order chi connectivity index (χ0) is 23.8. The number of fused-ring (bicyclic) bond motifs is 3. The number of hydrogen-bond donors (Lipinski definition) is 1. The third kappa shape index (κ3) is 3.92. The molecule has 0 unspecified atom stereocenters. The average molecular weight is 477 g/mol. The van der Waals surface area contributed by atoms with Gasteiger partial charge in [-0.25, -0.2) is 13.3 Å². The quantitative estimate of drug-likeness (QED) is 0.381. The maximum absolute atomic E-state index is 13.8. The number of hydrogen-bond acceptors (Lipinski definition) is 5. The number of para-hydroxylation sites is 1. The molecule has 0 aliphatic carbocycles. The van der Waals surface area contributed by atoms with Crippen LogP contribution in [-0.4, -0.2) is 30.8 Å². The van der Waals surface area contributed by atoms with Crippen LogP contribution in [-0.2, 0) is 4.79 Å². The number of aryl methyl sites for hydroxylation is 1. The molecule has 7 nitrogen and oxygen atoms in total. The Morgan fingerprint density at radius 1 is 1.03 bits per heavy atom. The Labute approximate surface area is 196 Å². The molecule has 0 aliphatic rings. The maximum atomic E-state index is 13.8. The molecule has 0 saturated carbocycles. The molecule has 5 aromatic rings. The van der Waals surface area contributed by atoms with E-state index in [0.717, 1.165) is 35.5 Å². The number of rotatable bonds is 5. The van der Waals surface area contributed by atoms with E-state index in [2.05, 4.69) is 15.5 Å². The minimum absolute atomic E-state index is 0.130.